The van der Waals surface area contributed by atoms with Crippen LogP contribution in [0.4, 0.5) is 5.13 Å². The number of benzene rings is 1. The summed E-state index contributed by atoms with van der Waals surface area (Å²) in [7, 11) is 0. The van der Waals surface area contributed by atoms with Crippen LogP contribution in [0.5, 0.6) is 5.75 Å². The number of fused-ring (bicyclic) bond motifs is 1. The third kappa shape index (κ3) is 4.02. The summed E-state index contributed by atoms with van der Waals surface area (Å²) in [6.45, 7) is 0. The lowest BCUT2D eigenvalue weighted by Gasteiger charge is -2.09. The highest BCUT2D eigenvalue weighted by Crippen LogP contribution is 2.28. The molecule has 1 fully saturated rings. The molecule has 0 radical (unpaired) electrons. The van der Waals surface area contributed by atoms with Gasteiger partial charge in [-0.15, -0.1) is 22.7 Å². The molecule has 0 aliphatic heterocycles. The minimum absolute atomic E-state index is 0.000629. The van der Waals surface area contributed by atoms with Crippen molar-refractivity contribution in [1.82, 2.24) is 9.97 Å². The van der Waals surface area contributed by atoms with Gasteiger partial charge in [-0.2, -0.15) is 0 Å². The van der Waals surface area contributed by atoms with Crippen LogP contribution in [0.15, 0.2) is 28.7 Å². The number of carbonyl (C=O) groups is 1. The van der Waals surface area contributed by atoms with Crippen LogP contribution < -0.4 is 10.5 Å². The molecule has 0 atom stereocenters. The first-order chi connectivity index (χ1) is 13.1. The van der Waals surface area contributed by atoms with Crippen molar-refractivity contribution >= 4 is 61.9 Å². The number of ether oxygens (including phenoxy) is 1. The number of oxime groups is 1. The summed E-state index contributed by atoms with van der Waals surface area (Å²) >= 11 is 7.82. The Morgan fingerprint density at radius 1 is 1.37 bits per heavy atom. The van der Waals surface area contributed by atoms with Crippen LogP contribution >= 0.6 is 34.9 Å². The fourth-order valence-corrected chi connectivity index (χ4v) is 4.56. The first-order valence-corrected chi connectivity index (χ1v) is 10.5. The number of anilines is 1. The second-order valence-corrected chi connectivity index (χ2v) is 8.66. The molecule has 27 heavy (non-hydrogen) atoms. The van der Waals surface area contributed by atoms with Crippen LogP contribution in [-0.2, 0) is 9.63 Å². The minimum Gasteiger partial charge on any atom is -0.419 e. The van der Waals surface area contributed by atoms with Gasteiger partial charge in [-0.1, -0.05) is 11.2 Å². The Kier molecular flexibility index (Phi) is 5.19. The van der Waals surface area contributed by atoms with Crippen molar-refractivity contribution in [1.29, 1.82) is 0 Å². The van der Waals surface area contributed by atoms with E-state index in [4.69, 9.17) is 27.5 Å². The molecule has 7 nitrogen and oxygen atoms in total. The zero-order valence-corrected chi connectivity index (χ0v) is 16.6. The molecule has 1 aliphatic rings. The van der Waals surface area contributed by atoms with Gasteiger partial charge in [-0.25, -0.2) is 9.78 Å². The Morgan fingerprint density at radius 3 is 2.93 bits per heavy atom. The molecule has 0 spiro atoms. The van der Waals surface area contributed by atoms with Gasteiger partial charge in [0.1, 0.15) is 17.3 Å². The van der Waals surface area contributed by atoms with E-state index in [1.54, 1.807) is 17.5 Å². The monoisotopic (exact) mass is 420 g/mol. The lowest BCUT2D eigenvalue weighted by Crippen LogP contribution is -2.23. The summed E-state index contributed by atoms with van der Waals surface area (Å²) < 4.78 is 7.10. The van der Waals surface area contributed by atoms with E-state index in [0.29, 0.717) is 26.0 Å². The molecule has 3 N–H and O–H groups in total. The molecule has 2 heterocycles. The van der Waals surface area contributed by atoms with Crippen LogP contribution in [0.2, 0.25) is 0 Å². The molecule has 1 aromatic carbocycles. The predicted octanol–water partition coefficient (Wildman–Crippen LogP) is 4.27. The molecule has 0 unspecified atom stereocenters. The van der Waals surface area contributed by atoms with Crippen molar-refractivity contribution in [3.8, 4) is 5.75 Å². The molecule has 3 aromatic rings. The largest absolute Gasteiger partial charge is 0.419 e. The fourth-order valence-electron chi connectivity index (χ4n) is 2.89. The lowest BCUT2D eigenvalue weighted by atomic mass is 10.3. The van der Waals surface area contributed by atoms with E-state index in [1.165, 1.54) is 22.7 Å². The number of hydrogen-bond donors (Lipinski definition) is 2. The molecular weight excluding hydrogens is 404 g/mol. The molecule has 140 valence electrons. The average Bonchev–Trinajstić information content (AvgIpc) is 3.36. The number of hydrogen-bond acceptors (Lipinski definition) is 9. The predicted molar refractivity (Wildman–Crippen MR) is 109 cm³/mol. The van der Waals surface area contributed by atoms with Gasteiger partial charge in [-0.05, 0) is 50.0 Å². The van der Waals surface area contributed by atoms with Gasteiger partial charge in [-0.3, -0.25) is 0 Å². The minimum atomic E-state index is -0.656. The molecule has 0 amide bonds. The van der Waals surface area contributed by atoms with Crippen molar-refractivity contribution in [2.45, 2.75) is 31.8 Å². The number of thiazole rings is 2. The molecular formula is C17H16N4O3S3. The van der Waals surface area contributed by atoms with Crippen LogP contribution in [0.1, 0.15) is 31.4 Å². The summed E-state index contributed by atoms with van der Waals surface area (Å²) in [5.41, 5.74) is 6.72. The Hall–Kier alpha value is -2.30. The topological polar surface area (TPSA) is 103 Å². The lowest BCUT2D eigenvalue weighted by molar-refractivity contribution is -0.127. The summed E-state index contributed by atoms with van der Waals surface area (Å²) in [5, 5.41) is 6.07. The first kappa shape index (κ1) is 18.1. The number of rotatable bonds is 5. The number of nitrogens with zero attached hydrogens (tertiary/aromatic N) is 2. The van der Waals surface area contributed by atoms with Gasteiger partial charge >= 0.3 is 5.97 Å². The Morgan fingerprint density at radius 2 is 2.19 bits per heavy atom. The van der Waals surface area contributed by atoms with Crippen LogP contribution in [0, 0.1) is 3.95 Å². The number of H-pyrrole nitrogens is 1. The smallest absolute Gasteiger partial charge is 0.368 e. The second kappa shape index (κ2) is 7.75. The number of nitrogen functional groups attached to an aromatic ring is 1. The quantitative estimate of drug-likeness (QED) is 0.210. The molecule has 0 saturated heterocycles. The van der Waals surface area contributed by atoms with Crippen molar-refractivity contribution in [3.05, 3.63) is 33.2 Å². The third-order valence-corrected chi connectivity index (χ3v) is 6.05. The zero-order chi connectivity index (χ0) is 18.8. The van der Waals surface area contributed by atoms with Crippen molar-refractivity contribution in [3.63, 3.8) is 0 Å². The number of aromatic amines is 1. The number of nitrogens with two attached hydrogens (primary N) is 1. The standard InChI is InChI=1S/C17H16N4O3S3/c18-16-19-10(8-26-16)13(21-24-9-4-1-2-5-9)15(22)23-11-6-3-7-12-14(11)20-17(25)27-12/h3,6-9H,1-2,4-5H2,(H2,18,19)(H,20,25)/b21-13-. The maximum Gasteiger partial charge on any atom is 0.368 e. The Labute approximate surface area is 167 Å². The van der Waals surface area contributed by atoms with Gasteiger partial charge in [0, 0.05) is 5.38 Å². The number of aromatic nitrogens is 2. The van der Waals surface area contributed by atoms with E-state index < -0.39 is 5.97 Å². The van der Waals surface area contributed by atoms with E-state index in [0.717, 1.165) is 30.4 Å². The summed E-state index contributed by atoms with van der Waals surface area (Å²) in [4.78, 5) is 25.6. The second-order valence-electron chi connectivity index (χ2n) is 6.06. The highest BCUT2D eigenvalue weighted by molar-refractivity contribution is 7.73. The van der Waals surface area contributed by atoms with Gasteiger partial charge in [0.2, 0.25) is 5.71 Å². The van der Waals surface area contributed by atoms with Gasteiger partial charge in [0.05, 0.1) is 4.70 Å². The van der Waals surface area contributed by atoms with Crippen LogP contribution in [0.3, 0.4) is 0 Å². The molecule has 2 aromatic heterocycles. The van der Waals surface area contributed by atoms with Gasteiger partial charge in [0.25, 0.3) is 0 Å². The van der Waals surface area contributed by atoms with E-state index in [-0.39, 0.29) is 11.8 Å². The summed E-state index contributed by atoms with van der Waals surface area (Å²) in [5.74, 6) is -0.280. The Bertz CT molecular complexity index is 1060. The summed E-state index contributed by atoms with van der Waals surface area (Å²) in [6, 6.07) is 5.41. The van der Waals surface area contributed by atoms with E-state index >= 15 is 0 Å². The van der Waals surface area contributed by atoms with E-state index in [1.807, 2.05) is 6.07 Å². The maximum atomic E-state index is 12.8. The fraction of sp³-hybridized carbons (Fsp3) is 0.294. The number of para-hydroxylation sites is 1. The average molecular weight is 421 g/mol. The summed E-state index contributed by atoms with van der Waals surface area (Å²) in [6.07, 6.45) is 4.07. The van der Waals surface area contributed by atoms with Gasteiger partial charge in [0.15, 0.2) is 14.8 Å². The number of esters is 1. The highest BCUT2D eigenvalue weighted by atomic mass is 32.1. The number of nitrogens with one attached hydrogen (secondary N) is 1. The first-order valence-electron chi connectivity index (χ1n) is 8.39. The molecule has 0 bridgehead atoms. The van der Waals surface area contributed by atoms with Crippen molar-refractivity contribution in [2.75, 3.05) is 5.73 Å². The van der Waals surface area contributed by atoms with Crippen LogP contribution in [-0.4, -0.2) is 27.8 Å². The van der Waals surface area contributed by atoms with Crippen LogP contribution in [0.25, 0.3) is 10.2 Å². The SMILES string of the molecule is Nc1nc(/C(=N/OC2CCCC2)C(=O)Oc2cccc3sc(=S)[nH]c23)cs1. The van der Waals surface area contributed by atoms with Crippen molar-refractivity contribution in [2.24, 2.45) is 5.16 Å². The highest BCUT2D eigenvalue weighted by Gasteiger charge is 2.24. The molecule has 1 aliphatic carbocycles. The molecule has 4 rings (SSSR count). The van der Waals surface area contributed by atoms with Crippen molar-refractivity contribution < 1.29 is 14.4 Å². The van der Waals surface area contributed by atoms with Gasteiger partial charge < -0.3 is 20.3 Å². The zero-order valence-electron chi connectivity index (χ0n) is 14.1. The number of carbonyl (C=O) groups excluding carboxylic acids is 1. The van der Waals surface area contributed by atoms with E-state index in [9.17, 15) is 4.79 Å². The normalized spacial score (nSPS) is 15.3. The third-order valence-electron chi connectivity index (χ3n) is 4.17. The molecule has 10 heteroatoms. The maximum absolute atomic E-state index is 12.8. The molecule has 1 saturated carbocycles. The Balaban J connectivity index is 1.63. The van der Waals surface area contributed by atoms with E-state index in [2.05, 4.69) is 15.1 Å².